The van der Waals surface area contributed by atoms with Crippen molar-refractivity contribution in [2.75, 3.05) is 14.2 Å². The first-order chi connectivity index (χ1) is 12.6. The maximum atomic E-state index is 5.92. The van der Waals surface area contributed by atoms with Crippen LogP contribution in [0, 0.1) is 20.8 Å². The molecule has 0 saturated heterocycles. The molecule has 1 fully saturated rings. The molecule has 1 aliphatic rings. The van der Waals surface area contributed by atoms with Gasteiger partial charge < -0.3 is 9.47 Å². The number of methoxy groups -OCH3 is 2. The first-order valence-electron chi connectivity index (χ1n) is 9.44. The highest BCUT2D eigenvalue weighted by Crippen LogP contribution is 2.45. The predicted molar refractivity (Wildman–Crippen MR) is 107 cm³/mol. The van der Waals surface area contributed by atoms with Gasteiger partial charge in [0.1, 0.15) is 11.5 Å². The first kappa shape index (κ1) is 18.5. The third-order valence-electron chi connectivity index (χ3n) is 5.61. The molecule has 0 spiro atoms. The highest BCUT2D eigenvalue weighted by molar-refractivity contribution is 5.88. The van der Waals surface area contributed by atoms with Gasteiger partial charge in [-0.2, -0.15) is 0 Å². The molecule has 2 aromatic rings. The zero-order valence-corrected chi connectivity index (χ0v) is 16.6. The van der Waals surface area contributed by atoms with Crippen LogP contribution in [0.5, 0.6) is 11.5 Å². The minimum absolute atomic E-state index is 0.955. The summed E-state index contributed by atoms with van der Waals surface area (Å²) in [7, 11) is 3.52. The van der Waals surface area contributed by atoms with Crippen molar-refractivity contribution in [2.45, 2.75) is 52.9 Å². The maximum absolute atomic E-state index is 5.92. The summed E-state index contributed by atoms with van der Waals surface area (Å²) in [6.45, 7) is 6.36. The Morgan fingerprint density at radius 1 is 0.885 bits per heavy atom. The van der Waals surface area contributed by atoms with Crippen molar-refractivity contribution >= 4 is 5.57 Å². The van der Waals surface area contributed by atoms with E-state index in [1.165, 1.54) is 30.4 Å². The highest BCUT2D eigenvalue weighted by Gasteiger charge is 2.25. The Morgan fingerprint density at radius 3 is 2.12 bits per heavy atom. The number of pyridine rings is 1. The number of hydrogen-bond acceptors (Lipinski definition) is 3. The number of benzene rings is 1. The molecule has 1 heterocycles. The summed E-state index contributed by atoms with van der Waals surface area (Å²) in [4.78, 5) is 4.39. The molecule has 138 valence electrons. The number of allylic oxidation sites excluding steroid dienone is 1. The quantitative estimate of drug-likeness (QED) is 0.698. The van der Waals surface area contributed by atoms with E-state index in [0.717, 1.165) is 52.2 Å². The Morgan fingerprint density at radius 2 is 1.54 bits per heavy atom. The zero-order chi connectivity index (χ0) is 18.7. The van der Waals surface area contributed by atoms with Crippen LogP contribution >= 0.6 is 0 Å². The van der Waals surface area contributed by atoms with Crippen LogP contribution in [0.2, 0.25) is 0 Å². The minimum Gasteiger partial charge on any atom is -0.496 e. The number of nitrogens with zero attached hydrogens (tertiary/aromatic N) is 1. The van der Waals surface area contributed by atoms with Crippen LogP contribution in [0.25, 0.3) is 5.57 Å². The van der Waals surface area contributed by atoms with Gasteiger partial charge in [-0.1, -0.05) is 18.1 Å². The van der Waals surface area contributed by atoms with E-state index in [1.54, 1.807) is 14.2 Å². The Bertz CT molecular complexity index is 814. The summed E-state index contributed by atoms with van der Waals surface area (Å²) in [5.41, 5.74) is 8.55. The fourth-order valence-electron chi connectivity index (χ4n) is 4.22. The highest BCUT2D eigenvalue weighted by atomic mass is 16.5. The molecule has 0 unspecified atom stereocenters. The van der Waals surface area contributed by atoms with E-state index in [4.69, 9.17) is 9.47 Å². The number of ether oxygens (including phenoxy) is 2. The molecule has 3 heteroatoms. The Kier molecular flexibility index (Phi) is 5.65. The van der Waals surface area contributed by atoms with Crippen LogP contribution in [0.3, 0.4) is 0 Å². The van der Waals surface area contributed by atoms with Crippen molar-refractivity contribution in [1.29, 1.82) is 0 Å². The molecule has 3 rings (SSSR count). The first-order valence-corrected chi connectivity index (χ1v) is 9.44. The average Bonchev–Trinajstić information content (AvgIpc) is 2.68. The predicted octanol–water partition coefficient (Wildman–Crippen LogP) is 5.79. The van der Waals surface area contributed by atoms with E-state index in [2.05, 4.69) is 31.8 Å². The molecule has 0 bridgehead atoms. The zero-order valence-electron chi connectivity index (χ0n) is 16.6. The lowest BCUT2D eigenvalue weighted by molar-refractivity contribution is 0.394. The Balaban J connectivity index is 2.37. The second kappa shape index (κ2) is 7.94. The van der Waals surface area contributed by atoms with E-state index in [9.17, 15) is 0 Å². The van der Waals surface area contributed by atoms with Crippen molar-refractivity contribution in [3.63, 3.8) is 0 Å². The van der Waals surface area contributed by atoms with E-state index >= 15 is 0 Å². The fourth-order valence-corrected chi connectivity index (χ4v) is 4.22. The summed E-state index contributed by atoms with van der Waals surface area (Å²) in [6, 6.07) is 4.17. The van der Waals surface area contributed by atoms with Gasteiger partial charge in [-0.25, -0.2) is 0 Å². The summed E-state index contributed by atoms with van der Waals surface area (Å²) in [6.07, 6.45) is 9.90. The van der Waals surface area contributed by atoms with Crippen LogP contribution in [0.1, 0.15) is 59.9 Å². The lowest BCUT2D eigenvalue weighted by Gasteiger charge is -2.26. The lowest BCUT2D eigenvalue weighted by atomic mass is 9.82. The van der Waals surface area contributed by atoms with Gasteiger partial charge in [-0.05, 0) is 69.2 Å². The molecule has 1 saturated carbocycles. The maximum Gasteiger partial charge on any atom is 0.130 e. The molecule has 1 aromatic heterocycles. The van der Waals surface area contributed by atoms with Crippen LogP contribution in [0.15, 0.2) is 30.1 Å². The van der Waals surface area contributed by atoms with Gasteiger partial charge in [0, 0.05) is 29.1 Å². The molecule has 0 aliphatic heterocycles. The van der Waals surface area contributed by atoms with E-state index in [1.807, 2.05) is 18.5 Å². The van der Waals surface area contributed by atoms with Crippen molar-refractivity contribution in [1.82, 2.24) is 4.98 Å². The van der Waals surface area contributed by atoms with Gasteiger partial charge in [-0.15, -0.1) is 0 Å². The summed E-state index contributed by atoms with van der Waals surface area (Å²) in [5.74, 6) is 1.91. The van der Waals surface area contributed by atoms with Crippen LogP contribution < -0.4 is 9.47 Å². The largest absolute Gasteiger partial charge is 0.496 e. The van der Waals surface area contributed by atoms with Gasteiger partial charge in [0.05, 0.1) is 14.2 Å². The Labute approximate surface area is 157 Å². The normalized spacial score (nSPS) is 14.3. The topological polar surface area (TPSA) is 31.4 Å². The molecule has 1 aromatic carbocycles. The van der Waals surface area contributed by atoms with Crippen LogP contribution in [-0.4, -0.2) is 19.2 Å². The van der Waals surface area contributed by atoms with Gasteiger partial charge in [-0.3, -0.25) is 4.98 Å². The van der Waals surface area contributed by atoms with Gasteiger partial charge >= 0.3 is 0 Å². The molecule has 0 N–H and O–H groups in total. The van der Waals surface area contributed by atoms with Crippen molar-refractivity contribution in [3.8, 4) is 11.5 Å². The smallest absolute Gasteiger partial charge is 0.130 e. The van der Waals surface area contributed by atoms with Crippen LogP contribution in [-0.2, 0) is 0 Å². The standard InChI is InChI=1S/C23H29NO2/c1-15-16(2)23(26-5)20(17(3)22(15)25-4)21(18-10-7-6-8-11-18)19-12-9-13-24-14-19/h9,12-14H,6-8,10-11H2,1-5H3. The molecule has 0 atom stereocenters. The summed E-state index contributed by atoms with van der Waals surface area (Å²) in [5, 5.41) is 0. The number of hydrogen-bond donors (Lipinski definition) is 0. The monoisotopic (exact) mass is 351 g/mol. The van der Waals surface area contributed by atoms with Gasteiger partial charge in [0.15, 0.2) is 0 Å². The van der Waals surface area contributed by atoms with E-state index < -0.39 is 0 Å². The van der Waals surface area contributed by atoms with Gasteiger partial charge in [0.2, 0.25) is 0 Å². The fraction of sp³-hybridized carbons (Fsp3) is 0.435. The molecule has 3 nitrogen and oxygen atoms in total. The average molecular weight is 351 g/mol. The minimum atomic E-state index is 0.955. The molecule has 1 aliphatic carbocycles. The molecule has 0 radical (unpaired) electrons. The SMILES string of the molecule is COc1c(C)c(C)c(OC)c(C(=C2CCCCC2)c2cccnc2)c1C. The second-order valence-electron chi connectivity index (χ2n) is 7.10. The van der Waals surface area contributed by atoms with Gasteiger partial charge in [0.25, 0.3) is 0 Å². The van der Waals surface area contributed by atoms with E-state index in [0.29, 0.717) is 0 Å². The van der Waals surface area contributed by atoms with Crippen LogP contribution in [0.4, 0.5) is 0 Å². The summed E-state index contributed by atoms with van der Waals surface area (Å²) >= 11 is 0. The second-order valence-corrected chi connectivity index (χ2v) is 7.10. The Hall–Kier alpha value is -2.29. The third kappa shape index (κ3) is 3.23. The lowest BCUT2D eigenvalue weighted by Crippen LogP contribution is -2.07. The van der Waals surface area contributed by atoms with Crippen molar-refractivity contribution in [2.24, 2.45) is 0 Å². The molecule has 26 heavy (non-hydrogen) atoms. The molecular formula is C23H29NO2. The summed E-state index contributed by atoms with van der Waals surface area (Å²) < 4.78 is 11.7. The van der Waals surface area contributed by atoms with Crippen molar-refractivity contribution < 1.29 is 9.47 Å². The third-order valence-corrected chi connectivity index (χ3v) is 5.61. The number of rotatable bonds is 4. The van der Waals surface area contributed by atoms with Crippen molar-refractivity contribution in [3.05, 3.63) is 57.9 Å². The van der Waals surface area contributed by atoms with E-state index in [-0.39, 0.29) is 0 Å². The molecular weight excluding hydrogens is 322 g/mol. The number of aromatic nitrogens is 1. The molecule has 0 amide bonds.